The molecular weight excluding hydrogens is 391 g/mol. The Morgan fingerprint density at radius 2 is 2.07 bits per heavy atom. The average Bonchev–Trinajstić information content (AvgIpc) is 3.26. The van der Waals surface area contributed by atoms with E-state index in [0.29, 0.717) is 23.0 Å². The molecule has 0 saturated heterocycles. The first-order valence-electron chi connectivity index (χ1n) is 8.33. The first-order valence-corrected chi connectivity index (χ1v) is 10.2. The quantitative estimate of drug-likeness (QED) is 0.351. The van der Waals surface area contributed by atoms with Gasteiger partial charge in [0, 0.05) is 28.1 Å². The maximum Gasteiger partial charge on any atom is 0.416 e. The molecule has 0 aliphatic heterocycles. The summed E-state index contributed by atoms with van der Waals surface area (Å²) in [6.45, 7) is 6.41. The van der Waals surface area contributed by atoms with Crippen LogP contribution in [0.15, 0.2) is 53.5 Å². The van der Waals surface area contributed by atoms with E-state index in [2.05, 4.69) is 29.8 Å². The lowest BCUT2D eigenvalue weighted by molar-refractivity contribution is -0.137. The fourth-order valence-corrected chi connectivity index (χ4v) is 4.28. The lowest BCUT2D eigenvalue weighted by atomic mass is 10.1. The molecule has 0 N–H and O–H groups in total. The van der Waals surface area contributed by atoms with Gasteiger partial charge in [-0.2, -0.15) is 13.2 Å². The van der Waals surface area contributed by atoms with Crippen molar-refractivity contribution in [3.8, 4) is 11.4 Å². The van der Waals surface area contributed by atoms with Gasteiger partial charge in [0.1, 0.15) is 0 Å². The van der Waals surface area contributed by atoms with Gasteiger partial charge in [-0.3, -0.25) is 4.57 Å². The Bertz CT molecular complexity index is 928. The smallest absolute Gasteiger partial charge is 0.298 e. The molecule has 8 heteroatoms. The predicted octanol–water partition coefficient (Wildman–Crippen LogP) is 6.07. The van der Waals surface area contributed by atoms with Crippen LogP contribution in [0.25, 0.3) is 11.4 Å². The van der Waals surface area contributed by atoms with Gasteiger partial charge < -0.3 is 0 Å². The Kier molecular flexibility index (Phi) is 6.06. The molecule has 0 saturated carbocycles. The number of thioether (sulfide) groups is 1. The van der Waals surface area contributed by atoms with Gasteiger partial charge >= 0.3 is 6.18 Å². The number of halogens is 3. The van der Waals surface area contributed by atoms with E-state index in [1.807, 2.05) is 9.95 Å². The number of hydrogen-bond acceptors (Lipinski definition) is 4. The van der Waals surface area contributed by atoms with E-state index in [4.69, 9.17) is 0 Å². The van der Waals surface area contributed by atoms with Gasteiger partial charge in [-0.1, -0.05) is 43.0 Å². The standard InChI is InChI=1S/C19H18F3N3S2/c1-3-8-25-17(14-10-16(4-2)26-12-14)23-24-18(25)27-11-13-6-5-7-15(9-13)19(20,21)22/h3,5-7,9-10,12H,1,4,8,11H2,2H3. The summed E-state index contributed by atoms with van der Waals surface area (Å²) in [7, 11) is 0. The lowest BCUT2D eigenvalue weighted by Crippen LogP contribution is -2.05. The monoisotopic (exact) mass is 409 g/mol. The van der Waals surface area contributed by atoms with Gasteiger partial charge in [-0.25, -0.2) is 0 Å². The molecule has 142 valence electrons. The van der Waals surface area contributed by atoms with Gasteiger partial charge in [-0.05, 0) is 24.1 Å². The largest absolute Gasteiger partial charge is 0.416 e. The van der Waals surface area contributed by atoms with Gasteiger partial charge in [0.15, 0.2) is 11.0 Å². The van der Waals surface area contributed by atoms with E-state index >= 15 is 0 Å². The molecule has 2 heterocycles. The number of allylic oxidation sites excluding steroid dienone is 1. The maximum atomic E-state index is 12.9. The number of thiophene rings is 1. The van der Waals surface area contributed by atoms with E-state index < -0.39 is 11.7 Å². The average molecular weight is 410 g/mol. The highest BCUT2D eigenvalue weighted by molar-refractivity contribution is 7.98. The summed E-state index contributed by atoms with van der Waals surface area (Å²) in [6.07, 6.45) is -1.63. The number of aromatic nitrogens is 3. The fourth-order valence-electron chi connectivity index (χ4n) is 2.57. The van der Waals surface area contributed by atoms with Crippen LogP contribution in [0.5, 0.6) is 0 Å². The lowest BCUT2D eigenvalue weighted by Gasteiger charge is -2.09. The fraction of sp³-hybridized carbons (Fsp3) is 0.263. The molecule has 0 spiro atoms. The van der Waals surface area contributed by atoms with Crippen LogP contribution in [0, 0.1) is 0 Å². The highest BCUT2D eigenvalue weighted by atomic mass is 32.2. The van der Waals surface area contributed by atoms with E-state index in [0.717, 1.165) is 23.9 Å². The van der Waals surface area contributed by atoms with Crippen LogP contribution in [0.1, 0.15) is 22.9 Å². The van der Waals surface area contributed by atoms with Crippen molar-refractivity contribution in [2.24, 2.45) is 0 Å². The van der Waals surface area contributed by atoms with Crippen molar-refractivity contribution in [1.82, 2.24) is 14.8 Å². The molecule has 0 unspecified atom stereocenters. The van der Waals surface area contributed by atoms with Crippen LogP contribution in [0.3, 0.4) is 0 Å². The zero-order chi connectivity index (χ0) is 19.4. The van der Waals surface area contributed by atoms with Crippen LogP contribution in [-0.4, -0.2) is 14.8 Å². The SMILES string of the molecule is C=CCn1c(SCc2cccc(C(F)(F)F)c2)nnc1-c1csc(CC)c1. The molecule has 0 atom stereocenters. The minimum Gasteiger partial charge on any atom is -0.298 e. The Morgan fingerprint density at radius 3 is 2.74 bits per heavy atom. The Morgan fingerprint density at radius 1 is 1.26 bits per heavy atom. The highest BCUT2D eigenvalue weighted by Gasteiger charge is 2.30. The van der Waals surface area contributed by atoms with Crippen molar-refractivity contribution in [3.05, 3.63) is 64.4 Å². The maximum absolute atomic E-state index is 12.9. The number of benzene rings is 1. The molecule has 1 aromatic carbocycles. The molecule has 2 aromatic heterocycles. The van der Waals surface area contributed by atoms with Gasteiger partial charge in [-0.15, -0.1) is 28.1 Å². The van der Waals surface area contributed by atoms with Crippen LogP contribution >= 0.6 is 23.1 Å². The summed E-state index contributed by atoms with van der Waals surface area (Å²) in [5, 5.41) is 11.2. The van der Waals surface area contributed by atoms with Gasteiger partial charge in [0.2, 0.25) is 0 Å². The first kappa shape index (κ1) is 19.7. The third kappa shape index (κ3) is 4.62. The van der Waals surface area contributed by atoms with Crippen molar-refractivity contribution in [1.29, 1.82) is 0 Å². The molecule has 3 nitrogen and oxygen atoms in total. The predicted molar refractivity (Wildman–Crippen MR) is 104 cm³/mol. The van der Waals surface area contributed by atoms with Crippen molar-refractivity contribution >= 4 is 23.1 Å². The number of alkyl halides is 3. The van der Waals surface area contributed by atoms with Crippen molar-refractivity contribution in [2.45, 2.75) is 37.0 Å². The number of nitrogens with zero attached hydrogens (tertiary/aromatic N) is 3. The second-order valence-electron chi connectivity index (χ2n) is 5.85. The molecule has 0 aliphatic carbocycles. The molecule has 27 heavy (non-hydrogen) atoms. The van der Waals surface area contributed by atoms with E-state index in [1.54, 1.807) is 23.5 Å². The zero-order valence-corrected chi connectivity index (χ0v) is 16.3. The van der Waals surface area contributed by atoms with Crippen molar-refractivity contribution < 1.29 is 13.2 Å². The zero-order valence-electron chi connectivity index (χ0n) is 14.7. The number of rotatable bonds is 7. The van der Waals surface area contributed by atoms with Crippen LogP contribution < -0.4 is 0 Å². The summed E-state index contributed by atoms with van der Waals surface area (Å²) in [6, 6.07) is 7.46. The summed E-state index contributed by atoms with van der Waals surface area (Å²) in [5.41, 5.74) is 0.949. The molecule has 3 aromatic rings. The van der Waals surface area contributed by atoms with Crippen LogP contribution in [0.4, 0.5) is 13.2 Å². The van der Waals surface area contributed by atoms with E-state index in [-0.39, 0.29) is 0 Å². The minimum absolute atomic E-state index is 0.378. The number of hydrogen-bond donors (Lipinski definition) is 0. The third-order valence-electron chi connectivity index (χ3n) is 3.91. The topological polar surface area (TPSA) is 30.7 Å². The Labute approximate surface area is 163 Å². The molecule has 3 rings (SSSR count). The van der Waals surface area contributed by atoms with Gasteiger partial charge in [0.25, 0.3) is 0 Å². The molecule has 0 amide bonds. The van der Waals surface area contributed by atoms with E-state index in [9.17, 15) is 13.2 Å². The summed E-state index contributed by atoms with van der Waals surface area (Å²) >= 11 is 3.04. The van der Waals surface area contributed by atoms with Crippen molar-refractivity contribution in [3.63, 3.8) is 0 Å². The summed E-state index contributed by atoms with van der Waals surface area (Å²) in [5.74, 6) is 1.13. The summed E-state index contributed by atoms with van der Waals surface area (Å²) < 4.78 is 40.6. The van der Waals surface area contributed by atoms with E-state index in [1.165, 1.54) is 28.8 Å². The Hall–Kier alpha value is -2.06. The van der Waals surface area contributed by atoms with Crippen LogP contribution in [0.2, 0.25) is 0 Å². The molecule has 0 radical (unpaired) electrons. The summed E-state index contributed by atoms with van der Waals surface area (Å²) in [4.78, 5) is 1.26. The highest BCUT2D eigenvalue weighted by Crippen LogP contribution is 2.32. The second-order valence-corrected chi connectivity index (χ2v) is 7.79. The normalized spacial score (nSPS) is 11.7. The minimum atomic E-state index is -4.34. The molecule has 0 aliphatic rings. The third-order valence-corrected chi connectivity index (χ3v) is 6.03. The molecule has 0 fully saturated rings. The first-order chi connectivity index (χ1) is 12.9. The van der Waals surface area contributed by atoms with Crippen LogP contribution in [-0.2, 0) is 24.9 Å². The van der Waals surface area contributed by atoms with Gasteiger partial charge in [0.05, 0.1) is 5.56 Å². The second kappa shape index (κ2) is 8.31. The Balaban J connectivity index is 1.82. The number of aryl methyl sites for hydroxylation is 1. The van der Waals surface area contributed by atoms with Crippen molar-refractivity contribution in [2.75, 3.05) is 0 Å². The molecule has 0 bridgehead atoms. The molecular formula is C19H18F3N3S2.